The highest BCUT2D eigenvalue weighted by Gasteiger charge is 2.41. The van der Waals surface area contributed by atoms with E-state index in [-0.39, 0.29) is 36.2 Å². The summed E-state index contributed by atoms with van der Waals surface area (Å²) >= 11 is 2.71. The maximum absolute atomic E-state index is 14.1. The molecule has 6 heterocycles. The number of halogens is 1. The lowest BCUT2D eigenvalue weighted by Gasteiger charge is -2.28. The van der Waals surface area contributed by atoms with Gasteiger partial charge < -0.3 is 54.8 Å². The van der Waals surface area contributed by atoms with E-state index in [0.29, 0.717) is 82.4 Å². The van der Waals surface area contributed by atoms with Crippen molar-refractivity contribution in [2.24, 2.45) is 0 Å². The molecule has 2 saturated carbocycles. The predicted molar refractivity (Wildman–Crippen MR) is 274 cm³/mol. The van der Waals surface area contributed by atoms with Crippen LogP contribution in [0.5, 0.6) is 11.6 Å². The van der Waals surface area contributed by atoms with Crippen molar-refractivity contribution in [3.63, 3.8) is 0 Å². The summed E-state index contributed by atoms with van der Waals surface area (Å²) in [6, 6.07) is 8.15. The van der Waals surface area contributed by atoms with Crippen molar-refractivity contribution in [1.29, 1.82) is 0 Å². The van der Waals surface area contributed by atoms with Crippen LogP contribution in [0.1, 0.15) is 81.8 Å². The molecule has 380 valence electrons. The Morgan fingerprint density at radius 3 is 1.82 bits per heavy atom. The molecule has 18 nitrogen and oxygen atoms in total. The molecule has 2 amide bonds. The van der Waals surface area contributed by atoms with Crippen molar-refractivity contribution >= 4 is 77.9 Å². The van der Waals surface area contributed by atoms with Crippen molar-refractivity contribution < 1.29 is 37.7 Å². The monoisotopic (exact) mass is 1010 g/mol. The van der Waals surface area contributed by atoms with E-state index in [4.69, 9.17) is 23.7 Å². The minimum atomic E-state index is -0.394. The third-order valence-corrected chi connectivity index (χ3v) is 15.1. The molecule has 3 fully saturated rings. The van der Waals surface area contributed by atoms with Gasteiger partial charge in [0.05, 0.1) is 44.5 Å². The number of nitrogens with one attached hydrogen (secondary N) is 4. The molecule has 2 aliphatic carbocycles. The van der Waals surface area contributed by atoms with Crippen LogP contribution in [0.15, 0.2) is 49.2 Å². The number of aryl methyl sites for hydroxylation is 2. The topological polar surface area (TPSA) is 199 Å². The van der Waals surface area contributed by atoms with Gasteiger partial charge in [0, 0.05) is 45.3 Å². The summed E-state index contributed by atoms with van der Waals surface area (Å²) < 4.78 is 43.2. The molecule has 4 N–H and O–H groups in total. The summed E-state index contributed by atoms with van der Waals surface area (Å²) in [5.74, 6) is 1.51. The van der Waals surface area contributed by atoms with Gasteiger partial charge in [-0.25, -0.2) is 29.3 Å². The maximum atomic E-state index is 14.1. The van der Waals surface area contributed by atoms with Gasteiger partial charge in [-0.2, -0.15) is 0 Å². The highest BCUT2D eigenvalue weighted by Crippen LogP contribution is 2.40. The lowest BCUT2D eigenvalue weighted by molar-refractivity contribution is 0.0123. The van der Waals surface area contributed by atoms with Gasteiger partial charge in [-0.05, 0) is 129 Å². The van der Waals surface area contributed by atoms with Crippen LogP contribution >= 0.6 is 22.7 Å². The number of rotatable bonds is 19. The Morgan fingerprint density at radius 2 is 1.27 bits per heavy atom. The molecule has 9 rings (SSSR count). The fourth-order valence-electron chi connectivity index (χ4n) is 8.96. The van der Waals surface area contributed by atoms with E-state index in [2.05, 4.69) is 56.0 Å². The zero-order valence-electron chi connectivity index (χ0n) is 41.4. The smallest absolute Gasteiger partial charge is 0.261 e. The number of pyridine rings is 1. The van der Waals surface area contributed by atoms with E-state index in [1.54, 1.807) is 19.4 Å². The van der Waals surface area contributed by atoms with Crippen molar-refractivity contribution in [2.75, 3.05) is 78.9 Å². The first kappa shape index (κ1) is 51.7. The molecule has 21 heteroatoms. The minimum absolute atomic E-state index is 0.0161. The van der Waals surface area contributed by atoms with Gasteiger partial charge in [-0.1, -0.05) is 0 Å². The van der Waals surface area contributed by atoms with E-state index >= 15 is 0 Å². The third kappa shape index (κ3) is 13.1. The lowest BCUT2D eigenvalue weighted by Crippen LogP contribution is -2.28. The number of amides is 2. The minimum Gasteiger partial charge on any atom is -0.488 e. The van der Waals surface area contributed by atoms with Crippen LogP contribution in [0.25, 0.3) is 20.4 Å². The third-order valence-electron chi connectivity index (χ3n) is 12.7. The van der Waals surface area contributed by atoms with E-state index in [0.717, 1.165) is 84.0 Å². The van der Waals surface area contributed by atoms with Gasteiger partial charge in [0.2, 0.25) is 5.88 Å². The number of methoxy groups -OCH3 is 1. The number of benzene rings is 1. The zero-order chi connectivity index (χ0) is 50.0. The molecule has 3 aliphatic rings. The molecule has 3 atom stereocenters. The number of aromatic nitrogens is 5. The van der Waals surface area contributed by atoms with Crippen LogP contribution < -0.4 is 30.7 Å². The zero-order valence-corrected chi connectivity index (χ0v) is 43.0. The van der Waals surface area contributed by atoms with Crippen molar-refractivity contribution in [3.8, 4) is 11.6 Å². The largest absolute Gasteiger partial charge is 0.488 e. The van der Waals surface area contributed by atoms with Gasteiger partial charge >= 0.3 is 0 Å². The van der Waals surface area contributed by atoms with Gasteiger partial charge in [0.15, 0.2) is 0 Å². The summed E-state index contributed by atoms with van der Waals surface area (Å²) in [6.07, 6.45) is 12.0. The Balaban J connectivity index is 0.000000191. The summed E-state index contributed by atoms with van der Waals surface area (Å²) in [7, 11) is 9.82. The highest BCUT2D eigenvalue weighted by atomic mass is 32.1. The van der Waals surface area contributed by atoms with Crippen molar-refractivity contribution in [1.82, 2.24) is 45.4 Å². The molecule has 71 heavy (non-hydrogen) atoms. The summed E-state index contributed by atoms with van der Waals surface area (Å²) in [6.45, 7) is 7.19. The molecule has 5 aromatic heterocycles. The number of carbonyl (C=O) groups excluding carboxylic acids is 2. The average molecular weight is 1010 g/mol. The number of hydrogen-bond acceptors (Lipinski definition) is 18. The standard InChI is InChI=1S/C25H30FN5O4S.C25H34N6O3S/c1-14-21-23(28-12-29-25(21)36-22(14)24(32)27-7-4-8-31(2)3)30-17-6-5-15(26)9-18(17)35-16-10-19-20(11-16)34-13-33-19;1-16-20-22(28-15-29-25(20)35-21(16)23(32)26-13-6-14-31(2)3)30-19-7-5-12-27-24(19)34-18-10-8-17(33-4)9-11-18/h5-6,9,12,16,19-20H,4,7-8,10-11,13H2,1-3H3,(H,27,32)(H,28,29,30);5,7,12,15,17-18H,6,8-11,13-14H2,1-4H3,(H,26,32)(H,28,29,30)/t16?,19-,20+;. The van der Waals surface area contributed by atoms with E-state index in [9.17, 15) is 14.0 Å². The number of carbonyl (C=O) groups is 2. The lowest BCUT2D eigenvalue weighted by atomic mass is 9.95. The Bertz CT molecular complexity index is 2760. The second-order valence-corrected chi connectivity index (χ2v) is 20.5. The second-order valence-electron chi connectivity index (χ2n) is 18.5. The van der Waals surface area contributed by atoms with Gasteiger partial charge in [0.25, 0.3) is 11.8 Å². The van der Waals surface area contributed by atoms with E-state index in [1.807, 2.05) is 54.2 Å². The first-order valence-electron chi connectivity index (χ1n) is 24.1. The number of nitrogens with zero attached hydrogens (tertiary/aromatic N) is 7. The summed E-state index contributed by atoms with van der Waals surface area (Å²) in [5, 5.41) is 14.3. The van der Waals surface area contributed by atoms with Gasteiger partial charge in [0.1, 0.15) is 70.2 Å². The average Bonchev–Trinajstić information content (AvgIpc) is 4.14. The number of hydrogen-bond donors (Lipinski definition) is 4. The Hall–Kier alpha value is -5.68. The quantitative estimate of drug-likeness (QED) is 0.0569. The molecule has 0 spiro atoms. The normalized spacial score (nSPS) is 19.7. The Kier molecular flexibility index (Phi) is 17.6. The van der Waals surface area contributed by atoms with Gasteiger partial charge in [-0.3, -0.25) is 9.59 Å². The number of thiophene rings is 2. The van der Waals surface area contributed by atoms with Crippen LogP contribution in [0.2, 0.25) is 0 Å². The van der Waals surface area contributed by atoms with E-state index in [1.165, 1.54) is 47.5 Å². The first-order valence-corrected chi connectivity index (χ1v) is 25.7. The second kappa shape index (κ2) is 24.2. The molecular formula is C50H64FN11O7S2. The fraction of sp³-hybridized carbons (Fsp3) is 0.500. The number of anilines is 4. The number of fused-ring (bicyclic) bond motifs is 3. The highest BCUT2D eigenvalue weighted by molar-refractivity contribution is 7.21. The maximum Gasteiger partial charge on any atom is 0.261 e. The van der Waals surface area contributed by atoms with Crippen molar-refractivity contribution in [3.05, 3.63) is 75.9 Å². The Labute approximate surface area is 421 Å². The molecule has 1 saturated heterocycles. The molecule has 1 aliphatic heterocycles. The molecule has 0 radical (unpaired) electrons. The Morgan fingerprint density at radius 1 is 0.718 bits per heavy atom. The predicted octanol–water partition coefficient (Wildman–Crippen LogP) is 8.00. The first-order chi connectivity index (χ1) is 34.3. The van der Waals surface area contributed by atoms with Crippen LogP contribution in [0, 0.1) is 19.7 Å². The molecule has 1 unspecified atom stereocenters. The van der Waals surface area contributed by atoms with Crippen LogP contribution in [0.3, 0.4) is 0 Å². The molecule has 6 aromatic rings. The van der Waals surface area contributed by atoms with Crippen LogP contribution in [-0.4, -0.2) is 145 Å². The van der Waals surface area contributed by atoms with Gasteiger partial charge in [-0.15, -0.1) is 22.7 Å². The fourth-order valence-corrected chi connectivity index (χ4v) is 11.1. The summed E-state index contributed by atoms with van der Waals surface area (Å²) in [4.78, 5) is 54.8. The SMILES string of the molecule is COC1CCC(Oc2ncccc2Nc2ncnc3sc(C(=O)NCCCN(C)C)c(C)c23)CC1.Cc1c(C(=O)NCCCN(C)C)sc2ncnc(Nc3ccc(F)cc3OC3C[C@@H]4OCO[C@@H]4C3)c12. The van der Waals surface area contributed by atoms with Crippen LogP contribution in [0.4, 0.5) is 27.4 Å². The summed E-state index contributed by atoms with van der Waals surface area (Å²) in [5.41, 5.74) is 2.98. The van der Waals surface area contributed by atoms with E-state index < -0.39 is 5.82 Å². The molecule has 1 aromatic carbocycles. The number of ether oxygens (including phenoxy) is 5. The molecular weight excluding hydrogens is 950 g/mol. The molecule has 0 bridgehead atoms. The van der Waals surface area contributed by atoms with Crippen LogP contribution in [-0.2, 0) is 14.2 Å². The van der Waals surface area contributed by atoms with Crippen molar-refractivity contribution in [2.45, 2.75) is 95.7 Å².